The molecule has 106 valence electrons. The van der Waals surface area contributed by atoms with Crippen LogP contribution < -0.4 is 5.32 Å². The molecule has 0 radical (unpaired) electrons. The minimum atomic E-state index is -0.171. The Balaban J connectivity index is 1.98. The summed E-state index contributed by atoms with van der Waals surface area (Å²) >= 11 is 0. The van der Waals surface area contributed by atoms with Crippen LogP contribution in [0.4, 0.5) is 10.1 Å². The lowest BCUT2D eigenvalue weighted by molar-refractivity contribution is 0.587. The van der Waals surface area contributed by atoms with Gasteiger partial charge in [-0.2, -0.15) is 0 Å². The van der Waals surface area contributed by atoms with Crippen molar-refractivity contribution in [2.45, 2.75) is 19.4 Å². The molecule has 1 N–H and O–H groups in total. The normalized spacial score (nSPS) is 12.3. The summed E-state index contributed by atoms with van der Waals surface area (Å²) < 4.78 is 14.0. The summed E-state index contributed by atoms with van der Waals surface area (Å²) in [4.78, 5) is 4.35. The molecule has 3 rings (SSSR count). The number of nitrogens with zero attached hydrogens (tertiary/aromatic N) is 1. The number of hydrogen-bond donors (Lipinski definition) is 1. The highest BCUT2D eigenvalue weighted by molar-refractivity contribution is 5.91. The molecule has 0 aliphatic heterocycles. The van der Waals surface area contributed by atoms with E-state index in [0.717, 1.165) is 23.0 Å². The average Bonchev–Trinajstić information content (AvgIpc) is 2.53. The molecule has 2 nitrogen and oxygen atoms in total. The van der Waals surface area contributed by atoms with Gasteiger partial charge < -0.3 is 5.32 Å². The first-order chi connectivity index (χ1) is 10.3. The molecule has 1 heterocycles. The van der Waals surface area contributed by atoms with Crippen molar-refractivity contribution in [3.63, 3.8) is 0 Å². The molecule has 3 aromatic rings. The second-order valence-corrected chi connectivity index (χ2v) is 5.00. The topological polar surface area (TPSA) is 24.9 Å². The molecular formula is C18H17FN2. The second-order valence-electron chi connectivity index (χ2n) is 5.00. The van der Waals surface area contributed by atoms with Gasteiger partial charge in [-0.15, -0.1) is 0 Å². The molecule has 0 amide bonds. The van der Waals surface area contributed by atoms with Gasteiger partial charge in [0.15, 0.2) is 0 Å². The summed E-state index contributed by atoms with van der Waals surface area (Å²) in [6.45, 7) is 2.05. The second kappa shape index (κ2) is 5.92. The van der Waals surface area contributed by atoms with Crippen LogP contribution in [0.2, 0.25) is 0 Å². The largest absolute Gasteiger partial charge is 0.378 e. The maximum Gasteiger partial charge on any atom is 0.128 e. The highest BCUT2D eigenvalue weighted by Gasteiger charge is 2.14. The van der Waals surface area contributed by atoms with Gasteiger partial charge in [-0.25, -0.2) is 4.39 Å². The van der Waals surface area contributed by atoms with Crippen molar-refractivity contribution >= 4 is 16.6 Å². The molecule has 1 atom stereocenters. The van der Waals surface area contributed by atoms with Crippen LogP contribution in [0.3, 0.4) is 0 Å². The van der Waals surface area contributed by atoms with Gasteiger partial charge in [0.05, 0.1) is 11.6 Å². The number of halogens is 1. The fourth-order valence-corrected chi connectivity index (χ4v) is 2.57. The van der Waals surface area contributed by atoms with Gasteiger partial charge in [0.2, 0.25) is 0 Å². The van der Waals surface area contributed by atoms with Crippen LogP contribution in [-0.4, -0.2) is 4.98 Å². The highest BCUT2D eigenvalue weighted by atomic mass is 19.1. The van der Waals surface area contributed by atoms with Crippen molar-refractivity contribution in [2.24, 2.45) is 0 Å². The van der Waals surface area contributed by atoms with Crippen LogP contribution in [0.15, 0.2) is 60.8 Å². The molecule has 1 unspecified atom stereocenters. The SMILES string of the molecule is CCC(Nc1cccc2ncccc12)c1ccccc1F. The standard InChI is InChI=1S/C18H17FN2/c1-2-16(13-7-3-4-9-15(13)19)21-18-11-5-10-17-14(18)8-6-12-20-17/h3-12,16,21H,2H2,1H3. The first-order valence-corrected chi connectivity index (χ1v) is 7.14. The minimum Gasteiger partial charge on any atom is -0.378 e. The third kappa shape index (κ3) is 2.72. The Morgan fingerprint density at radius 1 is 1.05 bits per heavy atom. The van der Waals surface area contributed by atoms with Gasteiger partial charge in [-0.05, 0) is 36.8 Å². The predicted molar refractivity (Wildman–Crippen MR) is 84.8 cm³/mol. The summed E-state index contributed by atoms with van der Waals surface area (Å²) in [7, 11) is 0. The molecule has 0 fully saturated rings. The number of rotatable bonds is 4. The fourth-order valence-electron chi connectivity index (χ4n) is 2.57. The molecule has 0 bridgehead atoms. The van der Waals surface area contributed by atoms with Crippen LogP contribution in [0, 0.1) is 5.82 Å². The Labute approximate surface area is 123 Å². The van der Waals surface area contributed by atoms with Gasteiger partial charge in [-0.3, -0.25) is 4.98 Å². The maximum atomic E-state index is 14.0. The van der Waals surface area contributed by atoms with Crippen molar-refractivity contribution in [1.82, 2.24) is 4.98 Å². The fraction of sp³-hybridized carbons (Fsp3) is 0.167. The first-order valence-electron chi connectivity index (χ1n) is 7.14. The van der Waals surface area contributed by atoms with E-state index >= 15 is 0 Å². The van der Waals surface area contributed by atoms with Crippen LogP contribution in [0.5, 0.6) is 0 Å². The summed E-state index contributed by atoms with van der Waals surface area (Å²) in [6.07, 6.45) is 2.58. The number of nitrogens with one attached hydrogen (secondary N) is 1. The molecule has 0 saturated heterocycles. The van der Waals surface area contributed by atoms with E-state index in [1.165, 1.54) is 6.07 Å². The lowest BCUT2D eigenvalue weighted by Crippen LogP contribution is -2.11. The zero-order chi connectivity index (χ0) is 14.7. The van der Waals surface area contributed by atoms with Gasteiger partial charge in [-0.1, -0.05) is 31.2 Å². The van der Waals surface area contributed by atoms with E-state index in [9.17, 15) is 4.39 Å². The summed E-state index contributed by atoms with van der Waals surface area (Å²) in [5, 5.41) is 4.50. The summed E-state index contributed by atoms with van der Waals surface area (Å²) in [6, 6.07) is 16.8. The Bertz CT molecular complexity index is 750. The Kier molecular flexibility index (Phi) is 3.82. The number of anilines is 1. The van der Waals surface area contributed by atoms with Gasteiger partial charge in [0, 0.05) is 22.8 Å². The zero-order valence-corrected chi connectivity index (χ0v) is 11.9. The van der Waals surface area contributed by atoms with E-state index in [0.29, 0.717) is 5.56 Å². The average molecular weight is 280 g/mol. The number of fused-ring (bicyclic) bond motifs is 1. The molecule has 0 aliphatic rings. The van der Waals surface area contributed by atoms with Crippen LogP contribution in [0.1, 0.15) is 24.9 Å². The Hall–Kier alpha value is -2.42. The lowest BCUT2D eigenvalue weighted by Gasteiger charge is -2.20. The molecule has 2 aromatic carbocycles. The van der Waals surface area contributed by atoms with Gasteiger partial charge in [0.25, 0.3) is 0 Å². The van der Waals surface area contributed by atoms with Crippen molar-refractivity contribution in [1.29, 1.82) is 0 Å². The third-order valence-corrected chi connectivity index (χ3v) is 3.66. The summed E-state index contributed by atoms with van der Waals surface area (Å²) in [5.41, 5.74) is 2.61. The third-order valence-electron chi connectivity index (χ3n) is 3.66. The number of hydrogen-bond acceptors (Lipinski definition) is 2. The summed E-state index contributed by atoms with van der Waals surface area (Å²) in [5.74, 6) is -0.171. The number of pyridine rings is 1. The van der Waals surface area contributed by atoms with Gasteiger partial charge >= 0.3 is 0 Å². The van der Waals surface area contributed by atoms with Crippen LogP contribution in [-0.2, 0) is 0 Å². The van der Waals surface area contributed by atoms with E-state index in [1.54, 1.807) is 12.3 Å². The number of benzene rings is 2. The van der Waals surface area contributed by atoms with E-state index in [2.05, 4.69) is 10.3 Å². The number of aromatic nitrogens is 1. The zero-order valence-electron chi connectivity index (χ0n) is 11.9. The molecule has 0 spiro atoms. The quantitative estimate of drug-likeness (QED) is 0.732. The van der Waals surface area contributed by atoms with Crippen molar-refractivity contribution < 1.29 is 4.39 Å². The lowest BCUT2D eigenvalue weighted by atomic mass is 10.0. The Morgan fingerprint density at radius 3 is 2.71 bits per heavy atom. The van der Waals surface area contributed by atoms with Crippen LogP contribution in [0.25, 0.3) is 10.9 Å². The van der Waals surface area contributed by atoms with E-state index in [1.807, 2.05) is 49.4 Å². The van der Waals surface area contributed by atoms with E-state index < -0.39 is 0 Å². The smallest absolute Gasteiger partial charge is 0.128 e. The van der Waals surface area contributed by atoms with E-state index in [-0.39, 0.29) is 11.9 Å². The highest BCUT2D eigenvalue weighted by Crippen LogP contribution is 2.28. The Morgan fingerprint density at radius 2 is 1.90 bits per heavy atom. The van der Waals surface area contributed by atoms with E-state index in [4.69, 9.17) is 0 Å². The monoisotopic (exact) mass is 280 g/mol. The molecular weight excluding hydrogens is 263 g/mol. The first kappa shape index (κ1) is 13.6. The van der Waals surface area contributed by atoms with Crippen molar-refractivity contribution in [2.75, 3.05) is 5.32 Å². The van der Waals surface area contributed by atoms with Crippen molar-refractivity contribution in [3.05, 3.63) is 72.2 Å². The minimum absolute atomic E-state index is 0.0583. The van der Waals surface area contributed by atoms with Crippen molar-refractivity contribution in [3.8, 4) is 0 Å². The van der Waals surface area contributed by atoms with Gasteiger partial charge in [0.1, 0.15) is 5.82 Å². The molecule has 0 aliphatic carbocycles. The van der Waals surface area contributed by atoms with Crippen LogP contribution >= 0.6 is 0 Å². The maximum absolute atomic E-state index is 14.0. The molecule has 0 saturated carbocycles. The molecule has 1 aromatic heterocycles. The predicted octanol–water partition coefficient (Wildman–Crippen LogP) is 4.94. The molecule has 21 heavy (non-hydrogen) atoms. The molecule has 3 heteroatoms.